The molecule has 1 saturated carbocycles. The molecule has 0 saturated heterocycles. The Hall–Kier alpha value is -0.380. The number of aliphatic hydroxyl groups excluding tert-OH is 1. The van der Waals surface area contributed by atoms with Crippen LogP contribution in [0, 0.1) is 12.3 Å². The first kappa shape index (κ1) is 13.1. The van der Waals surface area contributed by atoms with Crippen LogP contribution in [0.4, 0.5) is 0 Å². The van der Waals surface area contributed by atoms with Gasteiger partial charge in [-0.25, -0.2) is 0 Å². The van der Waals surface area contributed by atoms with Crippen LogP contribution in [0.1, 0.15) is 49.6 Å². The van der Waals surface area contributed by atoms with Crippen molar-refractivity contribution >= 4 is 11.3 Å². The van der Waals surface area contributed by atoms with Gasteiger partial charge in [0.15, 0.2) is 0 Å². The average Bonchev–Trinajstić information content (AvgIpc) is 2.87. The second kappa shape index (κ2) is 5.09. The Labute approximate surface area is 108 Å². The van der Waals surface area contributed by atoms with Gasteiger partial charge in [0, 0.05) is 29.0 Å². The zero-order chi connectivity index (χ0) is 12.5. The molecule has 3 atom stereocenters. The standard InChI is InChI=1S/C14H23NOS/c1-10-6-8-17-13(10)11(2)15-12-5-4-7-14(12,3)9-16/h6,8,11-12,15-16H,4-5,7,9H2,1-3H3. The molecule has 0 aliphatic heterocycles. The summed E-state index contributed by atoms with van der Waals surface area (Å²) < 4.78 is 0. The number of aryl methyl sites for hydroxylation is 1. The third-order valence-corrected chi connectivity index (χ3v) is 5.39. The first-order valence-corrected chi connectivity index (χ1v) is 7.36. The summed E-state index contributed by atoms with van der Waals surface area (Å²) in [5.74, 6) is 0. The lowest BCUT2D eigenvalue weighted by atomic mass is 9.85. The number of thiophene rings is 1. The van der Waals surface area contributed by atoms with Gasteiger partial charge in [0.2, 0.25) is 0 Å². The predicted octanol–water partition coefficient (Wildman–Crippen LogP) is 3.26. The van der Waals surface area contributed by atoms with Gasteiger partial charge in [-0.3, -0.25) is 0 Å². The fraction of sp³-hybridized carbons (Fsp3) is 0.714. The van der Waals surface area contributed by atoms with Gasteiger partial charge in [0.05, 0.1) is 0 Å². The summed E-state index contributed by atoms with van der Waals surface area (Å²) in [6, 6.07) is 3.02. The van der Waals surface area contributed by atoms with Gasteiger partial charge >= 0.3 is 0 Å². The monoisotopic (exact) mass is 253 g/mol. The Morgan fingerprint density at radius 1 is 1.65 bits per heavy atom. The number of aliphatic hydroxyl groups is 1. The number of nitrogens with one attached hydrogen (secondary N) is 1. The molecule has 1 aliphatic rings. The molecule has 0 aromatic carbocycles. The molecule has 1 heterocycles. The summed E-state index contributed by atoms with van der Waals surface area (Å²) in [4.78, 5) is 1.43. The van der Waals surface area contributed by atoms with Crippen LogP contribution in [0.5, 0.6) is 0 Å². The van der Waals surface area contributed by atoms with Crippen LogP contribution < -0.4 is 5.32 Å². The Bertz CT molecular complexity index is 376. The minimum Gasteiger partial charge on any atom is -0.396 e. The Morgan fingerprint density at radius 3 is 3.00 bits per heavy atom. The topological polar surface area (TPSA) is 32.3 Å². The third kappa shape index (κ3) is 2.56. The van der Waals surface area contributed by atoms with E-state index in [9.17, 15) is 5.11 Å². The molecule has 3 heteroatoms. The summed E-state index contributed by atoms with van der Waals surface area (Å²) in [7, 11) is 0. The fourth-order valence-corrected chi connectivity index (χ4v) is 3.86. The summed E-state index contributed by atoms with van der Waals surface area (Å²) in [6.45, 7) is 6.89. The molecule has 2 nitrogen and oxygen atoms in total. The molecule has 3 unspecified atom stereocenters. The van der Waals surface area contributed by atoms with Gasteiger partial charge in [0.1, 0.15) is 0 Å². The minimum atomic E-state index is 0.0689. The van der Waals surface area contributed by atoms with Crippen molar-refractivity contribution in [3.8, 4) is 0 Å². The maximum absolute atomic E-state index is 9.56. The van der Waals surface area contributed by atoms with E-state index in [1.54, 1.807) is 0 Å². The molecule has 0 radical (unpaired) electrons. The van der Waals surface area contributed by atoms with Crippen LogP contribution in [0.2, 0.25) is 0 Å². The van der Waals surface area contributed by atoms with Gasteiger partial charge in [-0.15, -0.1) is 11.3 Å². The molecule has 17 heavy (non-hydrogen) atoms. The van der Waals surface area contributed by atoms with E-state index in [0.717, 1.165) is 6.42 Å². The molecule has 1 aromatic rings. The SMILES string of the molecule is Cc1ccsc1C(C)NC1CCCC1(C)CO. The van der Waals surface area contributed by atoms with Crippen LogP contribution in [0.3, 0.4) is 0 Å². The lowest BCUT2D eigenvalue weighted by molar-refractivity contribution is 0.114. The van der Waals surface area contributed by atoms with E-state index in [0.29, 0.717) is 18.7 Å². The van der Waals surface area contributed by atoms with E-state index in [1.807, 2.05) is 11.3 Å². The highest BCUT2D eigenvalue weighted by Crippen LogP contribution is 2.39. The molecule has 2 rings (SSSR count). The van der Waals surface area contributed by atoms with Crippen molar-refractivity contribution in [1.29, 1.82) is 0 Å². The van der Waals surface area contributed by atoms with E-state index in [2.05, 4.69) is 37.5 Å². The molecular weight excluding hydrogens is 230 g/mol. The molecule has 1 aromatic heterocycles. The lowest BCUT2D eigenvalue weighted by Gasteiger charge is -2.32. The van der Waals surface area contributed by atoms with Crippen LogP contribution in [0.15, 0.2) is 11.4 Å². The molecule has 1 aliphatic carbocycles. The highest BCUT2D eigenvalue weighted by atomic mass is 32.1. The molecule has 0 spiro atoms. The minimum absolute atomic E-state index is 0.0689. The molecular formula is C14H23NOS. The molecule has 96 valence electrons. The number of rotatable bonds is 4. The zero-order valence-electron chi connectivity index (χ0n) is 11.0. The van der Waals surface area contributed by atoms with Crippen molar-refractivity contribution in [3.05, 3.63) is 21.9 Å². The van der Waals surface area contributed by atoms with Crippen molar-refractivity contribution in [2.45, 2.75) is 52.1 Å². The quantitative estimate of drug-likeness (QED) is 0.863. The highest BCUT2D eigenvalue weighted by Gasteiger charge is 2.38. The first-order chi connectivity index (χ1) is 8.07. The zero-order valence-corrected chi connectivity index (χ0v) is 11.8. The van der Waals surface area contributed by atoms with Crippen molar-refractivity contribution in [2.75, 3.05) is 6.61 Å². The van der Waals surface area contributed by atoms with Crippen molar-refractivity contribution in [1.82, 2.24) is 5.32 Å². The van der Waals surface area contributed by atoms with Crippen LogP contribution in [0.25, 0.3) is 0 Å². The van der Waals surface area contributed by atoms with E-state index in [1.165, 1.54) is 23.3 Å². The summed E-state index contributed by atoms with van der Waals surface area (Å²) >= 11 is 1.82. The molecule has 2 N–H and O–H groups in total. The summed E-state index contributed by atoms with van der Waals surface area (Å²) in [6.07, 6.45) is 3.55. The van der Waals surface area contributed by atoms with Gasteiger partial charge in [-0.1, -0.05) is 13.3 Å². The summed E-state index contributed by atoms with van der Waals surface area (Å²) in [5, 5.41) is 15.4. The Kier molecular flexibility index (Phi) is 3.91. The smallest absolute Gasteiger partial charge is 0.0499 e. The van der Waals surface area contributed by atoms with E-state index in [4.69, 9.17) is 0 Å². The van der Waals surface area contributed by atoms with Gasteiger partial charge < -0.3 is 10.4 Å². The second-order valence-electron chi connectivity index (χ2n) is 5.61. The first-order valence-electron chi connectivity index (χ1n) is 6.48. The number of hydrogen-bond acceptors (Lipinski definition) is 3. The normalized spacial score (nSPS) is 30.7. The maximum Gasteiger partial charge on any atom is 0.0499 e. The predicted molar refractivity (Wildman–Crippen MR) is 73.4 cm³/mol. The van der Waals surface area contributed by atoms with Crippen LogP contribution >= 0.6 is 11.3 Å². The van der Waals surface area contributed by atoms with Gasteiger partial charge in [-0.2, -0.15) is 0 Å². The maximum atomic E-state index is 9.56. The van der Waals surface area contributed by atoms with E-state index >= 15 is 0 Å². The van der Waals surface area contributed by atoms with Crippen molar-refractivity contribution < 1.29 is 5.11 Å². The van der Waals surface area contributed by atoms with E-state index in [-0.39, 0.29) is 5.41 Å². The fourth-order valence-electron chi connectivity index (χ4n) is 2.91. The molecule has 0 amide bonds. The van der Waals surface area contributed by atoms with Crippen LogP contribution in [-0.2, 0) is 0 Å². The van der Waals surface area contributed by atoms with Crippen molar-refractivity contribution in [2.24, 2.45) is 5.41 Å². The largest absolute Gasteiger partial charge is 0.396 e. The Balaban J connectivity index is 2.04. The Morgan fingerprint density at radius 2 is 2.41 bits per heavy atom. The van der Waals surface area contributed by atoms with Crippen LogP contribution in [-0.4, -0.2) is 17.8 Å². The molecule has 0 bridgehead atoms. The third-order valence-electron chi connectivity index (χ3n) is 4.19. The average molecular weight is 253 g/mol. The summed E-state index contributed by atoms with van der Waals surface area (Å²) in [5.41, 5.74) is 1.44. The lowest BCUT2D eigenvalue weighted by Crippen LogP contribution is -2.42. The highest BCUT2D eigenvalue weighted by molar-refractivity contribution is 7.10. The van der Waals surface area contributed by atoms with Gasteiger partial charge in [0.25, 0.3) is 0 Å². The number of hydrogen-bond donors (Lipinski definition) is 2. The van der Waals surface area contributed by atoms with Gasteiger partial charge in [-0.05, 0) is 43.7 Å². The molecule has 1 fully saturated rings. The van der Waals surface area contributed by atoms with E-state index < -0.39 is 0 Å². The van der Waals surface area contributed by atoms with Crippen molar-refractivity contribution in [3.63, 3.8) is 0 Å². The second-order valence-corrected chi connectivity index (χ2v) is 6.56.